The predicted molar refractivity (Wildman–Crippen MR) is 73.2 cm³/mol. The smallest absolute Gasteiger partial charge is 0.160 e. The molecule has 2 rings (SSSR count). The van der Waals surface area contributed by atoms with Crippen molar-refractivity contribution in [3.63, 3.8) is 0 Å². The average Bonchev–Trinajstić information content (AvgIpc) is 2.37. The second kappa shape index (κ2) is 6.34. The van der Waals surface area contributed by atoms with Crippen molar-refractivity contribution >= 4 is 21.7 Å². The largest absolute Gasteiger partial charge is 0.491 e. The third kappa shape index (κ3) is 3.56. The molecule has 0 saturated carbocycles. The van der Waals surface area contributed by atoms with Gasteiger partial charge in [0.1, 0.15) is 12.4 Å². The van der Waals surface area contributed by atoms with Gasteiger partial charge in [0.15, 0.2) is 5.78 Å². The van der Waals surface area contributed by atoms with E-state index in [1.54, 1.807) is 13.0 Å². The summed E-state index contributed by atoms with van der Waals surface area (Å²) in [5.41, 5.74) is 0.677. The van der Waals surface area contributed by atoms with Crippen LogP contribution >= 0.6 is 15.9 Å². The van der Waals surface area contributed by atoms with Gasteiger partial charge in [-0.25, -0.2) is 0 Å². The molecule has 98 valence electrons. The van der Waals surface area contributed by atoms with Crippen molar-refractivity contribution in [2.24, 2.45) is 0 Å². The van der Waals surface area contributed by atoms with Gasteiger partial charge in [-0.2, -0.15) is 0 Å². The van der Waals surface area contributed by atoms with Gasteiger partial charge in [-0.1, -0.05) is 0 Å². The first-order valence-electron chi connectivity index (χ1n) is 6.21. The second-order valence-corrected chi connectivity index (χ2v) is 5.35. The zero-order valence-corrected chi connectivity index (χ0v) is 12.0. The lowest BCUT2D eigenvalue weighted by molar-refractivity contribution is -0.0110. The van der Waals surface area contributed by atoms with Gasteiger partial charge in [-0.05, 0) is 60.3 Å². The summed E-state index contributed by atoms with van der Waals surface area (Å²) in [5.74, 6) is 0.810. The standard InChI is InChI=1S/C14H17BrO3/c1-10(16)13-6-5-11(8-14(13)15)18-9-12-4-2-3-7-17-12/h5-6,8,12H,2-4,7,9H2,1H3. The molecule has 18 heavy (non-hydrogen) atoms. The lowest BCUT2D eigenvalue weighted by Gasteiger charge is -2.22. The Hall–Kier alpha value is -0.870. The zero-order chi connectivity index (χ0) is 13.0. The number of Topliss-reactive ketones (excluding diaryl/α,β-unsaturated/α-hetero) is 1. The summed E-state index contributed by atoms with van der Waals surface area (Å²) < 4.78 is 12.1. The van der Waals surface area contributed by atoms with Crippen molar-refractivity contribution in [1.29, 1.82) is 0 Å². The molecule has 1 aromatic rings. The molecule has 1 aliphatic heterocycles. The molecule has 1 aliphatic rings. The number of benzene rings is 1. The van der Waals surface area contributed by atoms with E-state index in [1.807, 2.05) is 12.1 Å². The lowest BCUT2D eigenvalue weighted by atomic mass is 10.1. The van der Waals surface area contributed by atoms with Gasteiger partial charge in [-0.15, -0.1) is 0 Å². The minimum Gasteiger partial charge on any atom is -0.491 e. The molecule has 0 spiro atoms. The summed E-state index contributed by atoms with van der Waals surface area (Å²) in [6, 6.07) is 5.44. The van der Waals surface area contributed by atoms with Gasteiger partial charge in [0, 0.05) is 16.6 Å². The minimum atomic E-state index is 0.0454. The molecule has 0 bridgehead atoms. The highest BCUT2D eigenvalue weighted by molar-refractivity contribution is 9.10. The van der Waals surface area contributed by atoms with Gasteiger partial charge in [-0.3, -0.25) is 4.79 Å². The van der Waals surface area contributed by atoms with Crippen LogP contribution in [0.1, 0.15) is 36.5 Å². The van der Waals surface area contributed by atoms with Crippen molar-refractivity contribution in [3.05, 3.63) is 28.2 Å². The van der Waals surface area contributed by atoms with E-state index in [-0.39, 0.29) is 11.9 Å². The summed E-state index contributed by atoms with van der Waals surface area (Å²) in [6.07, 6.45) is 3.62. The summed E-state index contributed by atoms with van der Waals surface area (Å²) in [7, 11) is 0. The fourth-order valence-electron chi connectivity index (χ4n) is 2.00. The number of hydrogen-bond donors (Lipinski definition) is 0. The highest BCUT2D eigenvalue weighted by atomic mass is 79.9. The van der Waals surface area contributed by atoms with Crippen LogP contribution in [0.4, 0.5) is 0 Å². The van der Waals surface area contributed by atoms with E-state index in [1.165, 1.54) is 6.42 Å². The van der Waals surface area contributed by atoms with Gasteiger partial charge in [0.2, 0.25) is 0 Å². The first-order chi connectivity index (χ1) is 8.66. The maximum absolute atomic E-state index is 11.3. The Morgan fingerprint density at radius 2 is 2.33 bits per heavy atom. The SMILES string of the molecule is CC(=O)c1ccc(OCC2CCCCO2)cc1Br. The molecule has 1 heterocycles. The third-order valence-electron chi connectivity index (χ3n) is 3.03. The van der Waals surface area contributed by atoms with Crippen LogP contribution in [0.3, 0.4) is 0 Å². The number of carbonyl (C=O) groups is 1. The normalized spacial score (nSPS) is 19.6. The van der Waals surface area contributed by atoms with Crippen LogP contribution in [0.2, 0.25) is 0 Å². The Morgan fingerprint density at radius 1 is 1.50 bits per heavy atom. The Bertz CT molecular complexity index is 425. The maximum atomic E-state index is 11.3. The Balaban J connectivity index is 1.93. The fraction of sp³-hybridized carbons (Fsp3) is 0.500. The fourth-order valence-corrected chi connectivity index (χ4v) is 2.64. The number of halogens is 1. The van der Waals surface area contributed by atoms with E-state index in [4.69, 9.17) is 9.47 Å². The van der Waals surface area contributed by atoms with Crippen molar-refractivity contribution in [3.8, 4) is 5.75 Å². The number of hydrogen-bond acceptors (Lipinski definition) is 3. The zero-order valence-electron chi connectivity index (χ0n) is 10.4. The van der Waals surface area contributed by atoms with Crippen LogP contribution in [0, 0.1) is 0 Å². The third-order valence-corrected chi connectivity index (χ3v) is 3.69. The highest BCUT2D eigenvalue weighted by Gasteiger charge is 2.14. The summed E-state index contributed by atoms with van der Waals surface area (Å²) in [4.78, 5) is 11.3. The molecule has 0 aromatic heterocycles. The molecule has 0 aliphatic carbocycles. The molecule has 3 nitrogen and oxygen atoms in total. The molecule has 1 aromatic carbocycles. The molecule has 1 atom stereocenters. The molecule has 0 N–H and O–H groups in total. The van der Waals surface area contributed by atoms with Crippen LogP contribution < -0.4 is 4.74 Å². The summed E-state index contributed by atoms with van der Waals surface area (Å²) in [6.45, 7) is 2.96. The molecule has 0 radical (unpaired) electrons. The Labute approximate surface area is 116 Å². The molecule has 0 amide bonds. The van der Waals surface area contributed by atoms with E-state index in [0.29, 0.717) is 12.2 Å². The molecule has 1 unspecified atom stereocenters. The Kier molecular flexibility index (Phi) is 4.78. The number of rotatable bonds is 4. The van der Waals surface area contributed by atoms with Gasteiger partial charge < -0.3 is 9.47 Å². The van der Waals surface area contributed by atoms with Crippen LogP contribution in [0.25, 0.3) is 0 Å². The van der Waals surface area contributed by atoms with Crippen LogP contribution in [-0.4, -0.2) is 25.1 Å². The number of ketones is 1. The Morgan fingerprint density at radius 3 is 2.94 bits per heavy atom. The maximum Gasteiger partial charge on any atom is 0.160 e. The average molecular weight is 313 g/mol. The molecular weight excluding hydrogens is 296 g/mol. The number of ether oxygens (including phenoxy) is 2. The van der Waals surface area contributed by atoms with Crippen molar-refractivity contribution in [2.75, 3.05) is 13.2 Å². The first-order valence-corrected chi connectivity index (χ1v) is 7.01. The first kappa shape index (κ1) is 13.6. The van der Waals surface area contributed by atoms with E-state index < -0.39 is 0 Å². The van der Waals surface area contributed by atoms with Gasteiger partial charge >= 0.3 is 0 Å². The van der Waals surface area contributed by atoms with Crippen molar-refractivity contribution in [1.82, 2.24) is 0 Å². The highest BCUT2D eigenvalue weighted by Crippen LogP contribution is 2.24. The van der Waals surface area contributed by atoms with Gasteiger partial charge in [0.25, 0.3) is 0 Å². The van der Waals surface area contributed by atoms with Crippen molar-refractivity contribution in [2.45, 2.75) is 32.3 Å². The molecule has 1 fully saturated rings. The molecular formula is C14H17BrO3. The van der Waals surface area contributed by atoms with Crippen LogP contribution in [0.15, 0.2) is 22.7 Å². The van der Waals surface area contributed by atoms with E-state index in [0.717, 1.165) is 29.7 Å². The second-order valence-electron chi connectivity index (χ2n) is 4.50. The lowest BCUT2D eigenvalue weighted by Crippen LogP contribution is -2.25. The monoisotopic (exact) mass is 312 g/mol. The van der Waals surface area contributed by atoms with Crippen molar-refractivity contribution < 1.29 is 14.3 Å². The topological polar surface area (TPSA) is 35.5 Å². The summed E-state index contributed by atoms with van der Waals surface area (Å²) >= 11 is 3.38. The quantitative estimate of drug-likeness (QED) is 0.797. The minimum absolute atomic E-state index is 0.0454. The molecule has 4 heteroatoms. The van der Waals surface area contributed by atoms with Crippen LogP contribution in [-0.2, 0) is 4.74 Å². The van der Waals surface area contributed by atoms with E-state index >= 15 is 0 Å². The van der Waals surface area contributed by atoms with E-state index in [2.05, 4.69) is 15.9 Å². The molecule has 1 saturated heterocycles. The summed E-state index contributed by atoms with van der Waals surface area (Å²) in [5, 5.41) is 0. The van der Waals surface area contributed by atoms with Crippen LogP contribution in [0.5, 0.6) is 5.75 Å². The van der Waals surface area contributed by atoms with E-state index in [9.17, 15) is 4.79 Å². The predicted octanol–water partition coefficient (Wildman–Crippen LogP) is 3.60. The van der Waals surface area contributed by atoms with Gasteiger partial charge in [0.05, 0.1) is 6.10 Å². The number of carbonyl (C=O) groups excluding carboxylic acids is 1.